The van der Waals surface area contributed by atoms with Crippen LogP contribution in [0.5, 0.6) is 0 Å². The second-order valence-electron chi connectivity index (χ2n) is 6.32. The molecule has 3 rings (SSSR count). The molecule has 2 N–H and O–H groups in total. The highest BCUT2D eigenvalue weighted by Crippen LogP contribution is 2.36. The number of piperidine rings is 1. The molecule has 2 aromatic rings. The quantitative estimate of drug-likeness (QED) is 0.750. The van der Waals surface area contributed by atoms with Crippen LogP contribution in [0.3, 0.4) is 0 Å². The van der Waals surface area contributed by atoms with Crippen LogP contribution in [0, 0.1) is 12.8 Å². The Bertz CT molecular complexity index is 738. The van der Waals surface area contributed by atoms with E-state index in [0.717, 1.165) is 19.5 Å². The van der Waals surface area contributed by atoms with Crippen LogP contribution in [-0.4, -0.2) is 30.7 Å². The average Bonchev–Trinajstić information content (AvgIpc) is 2.97. The molecular weight excluding hydrogens is 397 g/mol. The van der Waals surface area contributed by atoms with Gasteiger partial charge in [0.05, 0.1) is 10.0 Å². The molecule has 0 bridgehead atoms. The first-order valence-electron chi connectivity index (χ1n) is 8.47. The van der Waals surface area contributed by atoms with Gasteiger partial charge in [-0.25, -0.2) is 0 Å². The van der Waals surface area contributed by atoms with E-state index in [-0.39, 0.29) is 18.3 Å². The lowest BCUT2D eigenvalue weighted by atomic mass is 9.96. The molecule has 0 spiro atoms. The summed E-state index contributed by atoms with van der Waals surface area (Å²) >= 11 is 12.5. The summed E-state index contributed by atoms with van der Waals surface area (Å²) in [5.74, 6) is 0.839. The zero-order valence-corrected chi connectivity index (χ0v) is 16.8. The van der Waals surface area contributed by atoms with Crippen LogP contribution in [0.1, 0.15) is 35.4 Å². The van der Waals surface area contributed by atoms with E-state index in [9.17, 15) is 4.79 Å². The maximum atomic E-state index is 12.7. The minimum absolute atomic E-state index is 0. The molecule has 1 fully saturated rings. The summed E-state index contributed by atoms with van der Waals surface area (Å²) in [6.07, 6.45) is 3.35. The first-order valence-corrected chi connectivity index (χ1v) is 9.23. The summed E-state index contributed by atoms with van der Waals surface area (Å²) in [5.41, 5.74) is 1.28. The number of amides is 1. The minimum atomic E-state index is -0.214. The van der Waals surface area contributed by atoms with E-state index in [4.69, 9.17) is 27.7 Å². The summed E-state index contributed by atoms with van der Waals surface area (Å²) in [4.78, 5) is 12.7. The van der Waals surface area contributed by atoms with E-state index in [1.54, 1.807) is 25.1 Å². The first kappa shape index (κ1) is 21.0. The molecule has 0 aliphatic carbocycles. The normalized spacial score (nSPS) is 16.8. The third-order valence-electron chi connectivity index (χ3n) is 4.53. The number of benzene rings is 1. The Morgan fingerprint density at radius 2 is 2.12 bits per heavy atom. The predicted octanol–water partition coefficient (Wildman–Crippen LogP) is 4.50. The molecule has 1 aromatic carbocycles. The van der Waals surface area contributed by atoms with Crippen molar-refractivity contribution in [2.24, 2.45) is 5.92 Å². The van der Waals surface area contributed by atoms with Crippen molar-refractivity contribution in [2.45, 2.75) is 26.2 Å². The minimum Gasteiger partial charge on any atom is -0.360 e. The van der Waals surface area contributed by atoms with Crippen LogP contribution in [-0.2, 0) is 0 Å². The van der Waals surface area contributed by atoms with Crippen LogP contribution in [0.2, 0.25) is 10.0 Å². The van der Waals surface area contributed by atoms with Gasteiger partial charge in [-0.1, -0.05) is 34.4 Å². The molecule has 1 saturated heterocycles. The Labute approximate surface area is 169 Å². The molecule has 5 nitrogen and oxygen atoms in total. The maximum Gasteiger partial charge on any atom is 0.257 e. The molecule has 0 saturated carbocycles. The van der Waals surface area contributed by atoms with Crippen LogP contribution >= 0.6 is 35.6 Å². The molecule has 8 heteroatoms. The third kappa shape index (κ3) is 4.71. The smallest absolute Gasteiger partial charge is 0.257 e. The number of halogens is 3. The highest BCUT2D eigenvalue weighted by Gasteiger charge is 2.24. The highest BCUT2D eigenvalue weighted by atomic mass is 35.5. The van der Waals surface area contributed by atoms with E-state index in [1.165, 1.54) is 12.8 Å². The van der Waals surface area contributed by atoms with E-state index in [0.29, 0.717) is 45.1 Å². The second-order valence-corrected chi connectivity index (χ2v) is 7.13. The van der Waals surface area contributed by atoms with Gasteiger partial charge in [0.2, 0.25) is 0 Å². The van der Waals surface area contributed by atoms with Gasteiger partial charge in [0.25, 0.3) is 5.91 Å². The van der Waals surface area contributed by atoms with Crippen molar-refractivity contribution in [2.75, 3.05) is 19.6 Å². The summed E-state index contributed by atoms with van der Waals surface area (Å²) in [6.45, 7) is 4.43. The summed E-state index contributed by atoms with van der Waals surface area (Å²) in [5, 5.41) is 11.2. The molecule has 1 unspecified atom stereocenters. The van der Waals surface area contributed by atoms with Crippen molar-refractivity contribution in [3.63, 3.8) is 0 Å². The Balaban J connectivity index is 0.00000243. The summed E-state index contributed by atoms with van der Waals surface area (Å²) < 4.78 is 5.24. The van der Waals surface area contributed by atoms with Crippen molar-refractivity contribution in [1.29, 1.82) is 0 Å². The number of aromatic nitrogens is 1. The van der Waals surface area contributed by atoms with Crippen LogP contribution in [0.4, 0.5) is 0 Å². The maximum absolute atomic E-state index is 12.7. The fraction of sp³-hybridized carbons (Fsp3) is 0.444. The second kappa shape index (κ2) is 9.60. The van der Waals surface area contributed by atoms with E-state index >= 15 is 0 Å². The average molecular weight is 419 g/mol. The molecule has 1 amide bonds. The SMILES string of the molecule is Cc1onc(-c2c(Cl)cccc2Cl)c1C(=O)NCCC1CCCNC1.Cl. The summed E-state index contributed by atoms with van der Waals surface area (Å²) in [7, 11) is 0. The zero-order chi connectivity index (χ0) is 17.8. The molecule has 2 heterocycles. The number of carbonyl (C=O) groups is 1. The number of rotatable bonds is 5. The highest BCUT2D eigenvalue weighted by molar-refractivity contribution is 6.39. The van der Waals surface area contributed by atoms with Crippen molar-refractivity contribution in [3.05, 3.63) is 39.6 Å². The molecule has 142 valence electrons. The molecule has 1 aliphatic rings. The lowest BCUT2D eigenvalue weighted by Gasteiger charge is -2.22. The Morgan fingerprint density at radius 1 is 1.38 bits per heavy atom. The number of nitrogens with zero attached hydrogens (tertiary/aromatic N) is 1. The summed E-state index contributed by atoms with van der Waals surface area (Å²) in [6, 6.07) is 5.17. The van der Waals surface area contributed by atoms with Gasteiger partial charge in [-0.2, -0.15) is 0 Å². The van der Waals surface area contributed by atoms with Crippen molar-refractivity contribution in [1.82, 2.24) is 15.8 Å². The van der Waals surface area contributed by atoms with Crippen LogP contribution < -0.4 is 10.6 Å². The third-order valence-corrected chi connectivity index (χ3v) is 5.16. The van der Waals surface area contributed by atoms with Gasteiger partial charge in [-0.05, 0) is 57.3 Å². The number of carbonyl (C=O) groups excluding carboxylic acids is 1. The van der Waals surface area contributed by atoms with Crippen molar-refractivity contribution in [3.8, 4) is 11.3 Å². The van der Waals surface area contributed by atoms with E-state index < -0.39 is 0 Å². The Morgan fingerprint density at radius 3 is 2.77 bits per heavy atom. The van der Waals surface area contributed by atoms with Crippen molar-refractivity contribution < 1.29 is 9.32 Å². The lowest BCUT2D eigenvalue weighted by Crippen LogP contribution is -2.33. The fourth-order valence-electron chi connectivity index (χ4n) is 3.18. The van der Waals surface area contributed by atoms with Gasteiger partial charge < -0.3 is 15.2 Å². The zero-order valence-electron chi connectivity index (χ0n) is 14.5. The molecular formula is C18H22Cl3N3O2. The monoisotopic (exact) mass is 417 g/mol. The molecule has 1 aliphatic heterocycles. The Hall–Kier alpha value is -1.27. The number of hydrogen-bond donors (Lipinski definition) is 2. The molecule has 1 atom stereocenters. The van der Waals surface area contributed by atoms with Crippen LogP contribution in [0.15, 0.2) is 22.7 Å². The Kier molecular flexibility index (Phi) is 7.77. The number of aryl methyl sites for hydroxylation is 1. The van der Waals surface area contributed by atoms with E-state index in [2.05, 4.69) is 15.8 Å². The van der Waals surface area contributed by atoms with Gasteiger partial charge in [0, 0.05) is 12.1 Å². The number of hydrogen-bond acceptors (Lipinski definition) is 4. The van der Waals surface area contributed by atoms with Gasteiger partial charge in [-0.3, -0.25) is 4.79 Å². The topological polar surface area (TPSA) is 67.2 Å². The predicted molar refractivity (Wildman–Crippen MR) is 106 cm³/mol. The fourth-order valence-corrected chi connectivity index (χ4v) is 3.76. The number of nitrogens with one attached hydrogen (secondary N) is 2. The largest absolute Gasteiger partial charge is 0.360 e. The molecule has 0 radical (unpaired) electrons. The van der Waals surface area contributed by atoms with E-state index in [1.807, 2.05) is 0 Å². The molecule has 26 heavy (non-hydrogen) atoms. The van der Waals surface area contributed by atoms with Gasteiger partial charge in [0.1, 0.15) is 17.0 Å². The van der Waals surface area contributed by atoms with Gasteiger partial charge >= 0.3 is 0 Å². The molecule has 1 aromatic heterocycles. The van der Waals surface area contributed by atoms with Crippen molar-refractivity contribution >= 4 is 41.5 Å². The first-order chi connectivity index (χ1) is 12.1. The lowest BCUT2D eigenvalue weighted by molar-refractivity contribution is 0.0949. The van der Waals surface area contributed by atoms with Gasteiger partial charge in [-0.15, -0.1) is 12.4 Å². The van der Waals surface area contributed by atoms with Crippen LogP contribution in [0.25, 0.3) is 11.3 Å². The standard InChI is InChI=1S/C18H21Cl2N3O2.ClH/c1-11-15(18(24)22-9-7-12-4-3-8-21-10-12)17(23-25-11)16-13(19)5-2-6-14(16)20;/h2,5-6,12,21H,3-4,7-10H2,1H3,(H,22,24);1H. The van der Waals surface area contributed by atoms with Gasteiger partial charge in [0.15, 0.2) is 0 Å².